The van der Waals surface area contributed by atoms with E-state index < -0.39 is 0 Å². The zero-order chi connectivity index (χ0) is 12.8. The van der Waals surface area contributed by atoms with Gasteiger partial charge < -0.3 is 5.32 Å². The van der Waals surface area contributed by atoms with Crippen molar-refractivity contribution in [3.63, 3.8) is 0 Å². The van der Waals surface area contributed by atoms with Gasteiger partial charge in [0.05, 0.1) is 0 Å². The zero-order valence-corrected chi connectivity index (χ0v) is 12.0. The highest BCUT2D eigenvalue weighted by Crippen LogP contribution is 2.17. The second-order valence-electron chi connectivity index (χ2n) is 4.31. The van der Waals surface area contributed by atoms with Gasteiger partial charge in [0.25, 0.3) is 0 Å². The normalized spacial score (nSPS) is 10.8. The number of nitrogens with zero attached hydrogens (tertiary/aromatic N) is 2. The molecule has 0 radical (unpaired) electrons. The number of nitrogens with one attached hydrogen (secondary N) is 2. The Morgan fingerprint density at radius 2 is 2.28 bits per heavy atom. The largest absolute Gasteiger partial charge is 0.313 e. The van der Waals surface area contributed by atoms with Gasteiger partial charge in [-0.3, -0.25) is 5.10 Å². The molecule has 0 spiro atoms. The van der Waals surface area contributed by atoms with Gasteiger partial charge >= 0.3 is 0 Å². The van der Waals surface area contributed by atoms with Crippen LogP contribution in [0.25, 0.3) is 0 Å². The van der Waals surface area contributed by atoms with Crippen molar-refractivity contribution in [2.75, 3.05) is 6.54 Å². The van der Waals surface area contributed by atoms with Gasteiger partial charge in [-0.15, -0.1) is 0 Å². The van der Waals surface area contributed by atoms with E-state index in [2.05, 4.69) is 61.6 Å². The number of aryl methyl sites for hydroxylation is 2. The minimum atomic E-state index is 0.886. The van der Waals surface area contributed by atoms with Crippen LogP contribution in [-0.2, 0) is 13.0 Å². The molecular formula is C13H17BrN4. The van der Waals surface area contributed by atoms with Crippen molar-refractivity contribution in [3.05, 3.63) is 46.0 Å². The molecule has 0 saturated carbocycles. The van der Waals surface area contributed by atoms with Gasteiger partial charge in [-0.25, -0.2) is 4.98 Å². The second kappa shape index (κ2) is 6.66. The summed E-state index contributed by atoms with van der Waals surface area (Å²) in [5, 5.41) is 10.1. The first-order valence-electron chi connectivity index (χ1n) is 6.05. The Morgan fingerprint density at radius 1 is 1.39 bits per heavy atom. The van der Waals surface area contributed by atoms with E-state index in [0.29, 0.717) is 0 Å². The fourth-order valence-corrected chi connectivity index (χ4v) is 2.38. The predicted octanol–water partition coefficient (Wildman–Crippen LogP) is 2.60. The number of benzene rings is 1. The molecule has 0 aliphatic heterocycles. The highest BCUT2D eigenvalue weighted by atomic mass is 79.9. The molecule has 0 aliphatic carbocycles. The Kier molecular flexibility index (Phi) is 4.90. The van der Waals surface area contributed by atoms with Crippen LogP contribution in [0.3, 0.4) is 0 Å². The predicted molar refractivity (Wildman–Crippen MR) is 75.3 cm³/mol. The summed E-state index contributed by atoms with van der Waals surface area (Å²) in [7, 11) is 0. The van der Waals surface area contributed by atoms with E-state index in [1.165, 1.54) is 15.6 Å². The molecule has 0 aliphatic rings. The van der Waals surface area contributed by atoms with Crippen LogP contribution in [0.15, 0.2) is 29.0 Å². The van der Waals surface area contributed by atoms with E-state index in [1.807, 2.05) is 0 Å². The van der Waals surface area contributed by atoms with Crippen LogP contribution in [0, 0.1) is 6.92 Å². The Hall–Kier alpha value is -1.20. The summed E-state index contributed by atoms with van der Waals surface area (Å²) in [5.74, 6) is 0.952. The lowest BCUT2D eigenvalue weighted by molar-refractivity contribution is 0.638. The lowest BCUT2D eigenvalue weighted by atomic mass is 10.1. The molecule has 0 atom stereocenters. The maximum Gasteiger partial charge on any atom is 0.137 e. The molecule has 5 heteroatoms. The number of hydrogen-bond donors (Lipinski definition) is 2. The minimum Gasteiger partial charge on any atom is -0.313 e. The van der Waals surface area contributed by atoms with Gasteiger partial charge in [-0.05, 0) is 37.1 Å². The van der Waals surface area contributed by atoms with Gasteiger partial charge in [-0.1, -0.05) is 28.1 Å². The molecule has 2 N–H and O–H groups in total. The van der Waals surface area contributed by atoms with Crippen molar-refractivity contribution in [1.29, 1.82) is 0 Å². The first-order valence-corrected chi connectivity index (χ1v) is 6.85. The molecule has 0 amide bonds. The van der Waals surface area contributed by atoms with Crippen molar-refractivity contribution < 1.29 is 0 Å². The van der Waals surface area contributed by atoms with Gasteiger partial charge in [-0.2, -0.15) is 5.10 Å². The van der Waals surface area contributed by atoms with E-state index in [1.54, 1.807) is 6.33 Å². The summed E-state index contributed by atoms with van der Waals surface area (Å²) in [5.41, 5.74) is 2.57. The van der Waals surface area contributed by atoms with E-state index in [-0.39, 0.29) is 0 Å². The van der Waals surface area contributed by atoms with Crippen molar-refractivity contribution >= 4 is 15.9 Å². The van der Waals surface area contributed by atoms with Crippen LogP contribution in [-0.4, -0.2) is 21.7 Å². The maximum absolute atomic E-state index is 4.09. The molecule has 0 bridgehead atoms. The third-order valence-electron chi connectivity index (χ3n) is 2.76. The van der Waals surface area contributed by atoms with Crippen LogP contribution in [0.5, 0.6) is 0 Å². The number of halogens is 1. The SMILES string of the molecule is Cc1ccc(CNCCCc2ncn[nH]2)c(Br)c1. The summed E-state index contributed by atoms with van der Waals surface area (Å²) in [4.78, 5) is 4.09. The number of aromatic nitrogens is 3. The maximum atomic E-state index is 4.09. The fraction of sp³-hybridized carbons (Fsp3) is 0.385. The van der Waals surface area contributed by atoms with Gasteiger partial charge in [0.15, 0.2) is 0 Å². The molecule has 1 aromatic carbocycles. The molecule has 18 heavy (non-hydrogen) atoms. The van der Waals surface area contributed by atoms with Crippen molar-refractivity contribution in [1.82, 2.24) is 20.5 Å². The van der Waals surface area contributed by atoms with Gasteiger partial charge in [0.1, 0.15) is 12.2 Å². The van der Waals surface area contributed by atoms with E-state index in [0.717, 1.165) is 31.8 Å². The smallest absolute Gasteiger partial charge is 0.137 e. The Morgan fingerprint density at radius 3 is 3.00 bits per heavy atom. The second-order valence-corrected chi connectivity index (χ2v) is 5.16. The Balaban J connectivity index is 1.69. The van der Waals surface area contributed by atoms with E-state index in [4.69, 9.17) is 0 Å². The summed E-state index contributed by atoms with van der Waals surface area (Å²) < 4.78 is 1.17. The number of H-pyrrole nitrogens is 1. The molecule has 96 valence electrons. The van der Waals surface area contributed by atoms with E-state index >= 15 is 0 Å². The zero-order valence-electron chi connectivity index (χ0n) is 10.4. The molecule has 0 saturated heterocycles. The molecule has 0 unspecified atom stereocenters. The van der Waals surface area contributed by atoms with Crippen molar-refractivity contribution in [3.8, 4) is 0 Å². The third kappa shape index (κ3) is 3.92. The number of rotatable bonds is 6. The Bertz CT molecular complexity index is 482. The summed E-state index contributed by atoms with van der Waals surface area (Å²) in [6, 6.07) is 6.44. The summed E-state index contributed by atoms with van der Waals surface area (Å²) in [6.45, 7) is 3.96. The lowest BCUT2D eigenvalue weighted by Crippen LogP contribution is -2.15. The van der Waals surface area contributed by atoms with E-state index in [9.17, 15) is 0 Å². The quantitative estimate of drug-likeness (QED) is 0.807. The van der Waals surface area contributed by atoms with Crippen LogP contribution >= 0.6 is 15.9 Å². The number of hydrogen-bond acceptors (Lipinski definition) is 3. The van der Waals surface area contributed by atoms with Crippen LogP contribution in [0.4, 0.5) is 0 Å². The lowest BCUT2D eigenvalue weighted by Gasteiger charge is -2.07. The van der Waals surface area contributed by atoms with Gasteiger partial charge in [0.2, 0.25) is 0 Å². The monoisotopic (exact) mass is 308 g/mol. The van der Waals surface area contributed by atoms with Crippen LogP contribution < -0.4 is 5.32 Å². The highest BCUT2D eigenvalue weighted by Gasteiger charge is 2.00. The third-order valence-corrected chi connectivity index (χ3v) is 3.49. The summed E-state index contributed by atoms with van der Waals surface area (Å²) >= 11 is 3.58. The molecule has 1 heterocycles. The fourth-order valence-electron chi connectivity index (χ4n) is 1.75. The van der Waals surface area contributed by atoms with Crippen molar-refractivity contribution in [2.24, 2.45) is 0 Å². The van der Waals surface area contributed by atoms with Gasteiger partial charge in [0, 0.05) is 17.4 Å². The number of aromatic amines is 1. The highest BCUT2D eigenvalue weighted by molar-refractivity contribution is 9.10. The Labute approximate surface area is 115 Å². The molecule has 1 aromatic heterocycles. The summed E-state index contributed by atoms with van der Waals surface area (Å²) in [6.07, 6.45) is 3.53. The molecule has 4 nitrogen and oxygen atoms in total. The average Bonchev–Trinajstić information content (AvgIpc) is 2.84. The van der Waals surface area contributed by atoms with Crippen LogP contribution in [0.1, 0.15) is 23.4 Å². The molecule has 0 fully saturated rings. The molecular weight excluding hydrogens is 292 g/mol. The topological polar surface area (TPSA) is 53.6 Å². The minimum absolute atomic E-state index is 0.886. The average molecular weight is 309 g/mol. The molecule has 2 aromatic rings. The van der Waals surface area contributed by atoms with Crippen molar-refractivity contribution in [2.45, 2.75) is 26.3 Å². The standard InChI is InChI=1S/C13H17BrN4/c1-10-4-5-11(12(14)7-10)8-15-6-2-3-13-16-9-17-18-13/h4-5,7,9,15H,2-3,6,8H2,1H3,(H,16,17,18). The first-order chi connectivity index (χ1) is 8.75. The first kappa shape index (κ1) is 13.2. The molecule has 2 rings (SSSR count). The van der Waals surface area contributed by atoms with Crippen LogP contribution in [0.2, 0.25) is 0 Å².